The number of rotatable bonds is 6. The van der Waals surface area contributed by atoms with Gasteiger partial charge in [-0.3, -0.25) is 4.79 Å². The third kappa shape index (κ3) is 3.85. The Hall–Kier alpha value is -1.36. The summed E-state index contributed by atoms with van der Waals surface area (Å²) in [6.45, 7) is 5.35. The van der Waals surface area contributed by atoms with Crippen molar-refractivity contribution in [2.75, 3.05) is 20.1 Å². The summed E-state index contributed by atoms with van der Waals surface area (Å²) in [5.41, 5.74) is -0.379. The zero-order valence-corrected chi connectivity index (χ0v) is 11.1. The van der Waals surface area contributed by atoms with E-state index in [9.17, 15) is 4.79 Å². The van der Waals surface area contributed by atoms with Crippen molar-refractivity contribution in [2.24, 2.45) is 12.5 Å². The molecule has 5 nitrogen and oxygen atoms in total. The van der Waals surface area contributed by atoms with Crippen LogP contribution >= 0.6 is 0 Å². The normalized spacial score (nSPS) is 11.5. The first kappa shape index (κ1) is 13.7. The number of nitrogens with zero attached hydrogens (tertiary/aromatic N) is 2. The number of aryl methyl sites for hydroxylation is 1. The molecule has 1 rings (SSSR count). The molecule has 1 heterocycles. The van der Waals surface area contributed by atoms with Gasteiger partial charge in [-0.1, -0.05) is 0 Å². The van der Waals surface area contributed by atoms with Crippen molar-refractivity contribution in [3.63, 3.8) is 0 Å². The summed E-state index contributed by atoms with van der Waals surface area (Å²) < 4.78 is 2.01. The predicted molar refractivity (Wildman–Crippen MR) is 67.6 cm³/mol. The van der Waals surface area contributed by atoms with Gasteiger partial charge in [0.05, 0.1) is 5.41 Å². The summed E-state index contributed by atoms with van der Waals surface area (Å²) in [4.78, 5) is 15.8. The zero-order chi connectivity index (χ0) is 12.9. The summed E-state index contributed by atoms with van der Waals surface area (Å²) in [5, 5.41) is 5.97. The van der Waals surface area contributed by atoms with Crippen molar-refractivity contribution < 1.29 is 4.79 Å². The second-order valence-corrected chi connectivity index (χ2v) is 4.84. The maximum absolute atomic E-state index is 11.5. The molecule has 5 heteroatoms. The third-order valence-corrected chi connectivity index (χ3v) is 2.86. The maximum Gasteiger partial charge on any atom is 0.226 e. The van der Waals surface area contributed by atoms with Gasteiger partial charge in [0.25, 0.3) is 0 Å². The van der Waals surface area contributed by atoms with Crippen LogP contribution in [0.2, 0.25) is 0 Å². The molecule has 0 aromatic carbocycles. The topological polar surface area (TPSA) is 59.0 Å². The average molecular weight is 238 g/mol. The van der Waals surface area contributed by atoms with Crippen molar-refractivity contribution in [1.29, 1.82) is 0 Å². The minimum Gasteiger partial charge on any atom is -0.359 e. The van der Waals surface area contributed by atoms with Crippen LogP contribution in [-0.2, 0) is 18.3 Å². The smallest absolute Gasteiger partial charge is 0.226 e. The Kier molecular flexibility index (Phi) is 4.69. The molecule has 0 atom stereocenters. The van der Waals surface area contributed by atoms with Gasteiger partial charge in [-0.05, 0) is 13.8 Å². The van der Waals surface area contributed by atoms with Crippen LogP contribution in [0, 0.1) is 5.41 Å². The van der Waals surface area contributed by atoms with Gasteiger partial charge in [-0.2, -0.15) is 0 Å². The first-order valence-electron chi connectivity index (χ1n) is 5.86. The molecule has 0 fully saturated rings. The molecule has 96 valence electrons. The first-order valence-corrected chi connectivity index (χ1v) is 5.86. The highest BCUT2D eigenvalue weighted by Crippen LogP contribution is 2.12. The number of hydrogen-bond acceptors (Lipinski definition) is 3. The second kappa shape index (κ2) is 5.82. The lowest BCUT2D eigenvalue weighted by atomic mass is 9.92. The Morgan fingerprint density at radius 1 is 1.53 bits per heavy atom. The van der Waals surface area contributed by atoms with Crippen LogP contribution in [0.3, 0.4) is 0 Å². The zero-order valence-electron chi connectivity index (χ0n) is 11.1. The lowest BCUT2D eigenvalue weighted by Gasteiger charge is -2.22. The van der Waals surface area contributed by atoms with E-state index in [2.05, 4.69) is 15.6 Å². The standard InChI is InChI=1S/C12H22N4O/c1-12(2,11(17)13-3)9-14-6-5-10-15-7-8-16(10)4/h7-8,14H,5-6,9H2,1-4H3,(H,13,17). The number of nitrogens with one attached hydrogen (secondary N) is 2. The van der Waals surface area contributed by atoms with Gasteiger partial charge in [0.15, 0.2) is 0 Å². The van der Waals surface area contributed by atoms with E-state index >= 15 is 0 Å². The highest BCUT2D eigenvalue weighted by molar-refractivity contribution is 5.81. The fourth-order valence-electron chi connectivity index (χ4n) is 1.66. The first-order chi connectivity index (χ1) is 7.97. The SMILES string of the molecule is CNC(=O)C(C)(C)CNCCc1nccn1C. The summed E-state index contributed by atoms with van der Waals surface area (Å²) >= 11 is 0. The summed E-state index contributed by atoms with van der Waals surface area (Å²) in [6, 6.07) is 0. The predicted octanol–water partition coefficient (Wildman–Crippen LogP) is 0.324. The van der Waals surface area contributed by atoms with Crippen molar-refractivity contribution in [2.45, 2.75) is 20.3 Å². The molecule has 2 N–H and O–H groups in total. The highest BCUT2D eigenvalue weighted by Gasteiger charge is 2.25. The minimum atomic E-state index is -0.379. The fraction of sp³-hybridized carbons (Fsp3) is 0.667. The Bertz CT molecular complexity index is 370. The number of carbonyl (C=O) groups is 1. The Morgan fingerprint density at radius 2 is 2.24 bits per heavy atom. The van der Waals surface area contributed by atoms with E-state index in [0.717, 1.165) is 18.8 Å². The van der Waals surface area contributed by atoms with Gasteiger partial charge in [-0.15, -0.1) is 0 Å². The molecular formula is C12H22N4O. The number of aromatic nitrogens is 2. The number of amides is 1. The molecule has 0 radical (unpaired) electrons. The van der Waals surface area contributed by atoms with Crippen molar-refractivity contribution in [3.8, 4) is 0 Å². The Labute approximate surface area is 103 Å². The van der Waals surface area contributed by atoms with Crippen molar-refractivity contribution in [3.05, 3.63) is 18.2 Å². The van der Waals surface area contributed by atoms with Crippen LogP contribution in [0.4, 0.5) is 0 Å². The van der Waals surface area contributed by atoms with E-state index in [-0.39, 0.29) is 11.3 Å². The molecule has 0 aliphatic carbocycles. The van der Waals surface area contributed by atoms with Gasteiger partial charge in [0.2, 0.25) is 5.91 Å². The molecule has 0 bridgehead atoms. The molecule has 1 amide bonds. The molecule has 0 saturated heterocycles. The summed E-state index contributed by atoms with van der Waals surface area (Å²) in [7, 11) is 3.65. The van der Waals surface area contributed by atoms with E-state index in [0.29, 0.717) is 6.54 Å². The van der Waals surface area contributed by atoms with Crippen LogP contribution in [-0.4, -0.2) is 35.6 Å². The minimum absolute atomic E-state index is 0.0574. The van der Waals surface area contributed by atoms with Crippen LogP contribution in [0.15, 0.2) is 12.4 Å². The van der Waals surface area contributed by atoms with Crippen molar-refractivity contribution in [1.82, 2.24) is 20.2 Å². The molecular weight excluding hydrogens is 216 g/mol. The summed E-state index contributed by atoms with van der Waals surface area (Å²) in [6.07, 6.45) is 4.60. The molecule has 0 aliphatic rings. The van der Waals surface area contributed by atoms with Gasteiger partial charge >= 0.3 is 0 Å². The summed E-state index contributed by atoms with van der Waals surface area (Å²) in [5.74, 6) is 1.11. The molecule has 0 aliphatic heterocycles. The number of carbonyl (C=O) groups excluding carboxylic acids is 1. The Morgan fingerprint density at radius 3 is 2.76 bits per heavy atom. The molecule has 17 heavy (non-hydrogen) atoms. The lowest BCUT2D eigenvalue weighted by Crippen LogP contribution is -2.42. The average Bonchev–Trinajstić information content (AvgIpc) is 2.69. The van der Waals surface area contributed by atoms with Gasteiger partial charge < -0.3 is 15.2 Å². The quantitative estimate of drug-likeness (QED) is 0.702. The van der Waals surface area contributed by atoms with E-state index in [1.54, 1.807) is 13.2 Å². The third-order valence-electron chi connectivity index (χ3n) is 2.86. The fourth-order valence-corrected chi connectivity index (χ4v) is 1.66. The molecule has 0 unspecified atom stereocenters. The van der Waals surface area contributed by atoms with E-state index in [1.165, 1.54) is 0 Å². The lowest BCUT2D eigenvalue weighted by molar-refractivity contribution is -0.128. The van der Waals surface area contributed by atoms with E-state index in [4.69, 9.17) is 0 Å². The van der Waals surface area contributed by atoms with Crippen LogP contribution in [0.5, 0.6) is 0 Å². The highest BCUT2D eigenvalue weighted by atomic mass is 16.2. The van der Waals surface area contributed by atoms with E-state index in [1.807, 2.05) is 31.7 Å². The van der Waals surface area contributed by atoms with Crippen LogP contribution in [0.1, 0.15) is 19.7 Å². The van der Waals surface area contributed by atoms with Crippen LogP contribution in [0.25, 0.3) is 0 Å². The van der Waals surface area contributed by atoms with Gasteiger partial charge in [-0.25, -0.2) is 4.98 Å². The molecule has 1 aromatic rings. The molecule has 0 spiro atoms. The number of hydrogen-bond donors (Lipinski definition) is 2. The largest absolute Gasteiger partial charge is 0.359 e. The van der Waals surface area contributed by atoms with Crippen LogP contribution < -0.4 is 10.6 Å². The second-order valence-electron chi connectivity index (χ2n) is 4.84. The number of imidazole rings is 1. The molecule has 1 aromatic heterocycles. The maximum atomic E-state index is 11.5. The van der Waals surface area contributed by atoms with Gasteiger partial charge in [0, 0.05) is 46.0 Å². The van der Waals surface area contributed by atoms with E-state index < -0.39 is 0 Å². The Balaban J connectivity index is 2.29. The monoisotopic (exact) mass is 238 g/mol. The van der Waals surface area contributed by atoms with Gasteiger partial charge in [0.1, 0.15) is 5.82 Å². The molecule has 0 saturated carbocycles. The van der Waals surface area contributed by atoms with Crippen molar-refractivity contribution >= 4 is 5.91 Å².